The number of esters is 1. The second-order valence-corrected chi connectivity index (χ2v) is 9.35. The molecule has 0 unspecified atom stereocenters. The first kappa shape index (κ1) is 21.9. The topological polar surface area (TPSA) is 55.4 Å². The van der Waals surface area contributed by atoms with Crippen LogP contribution >= 0.6 is 23.2 Å². The number of unbranched alkanes of at least 4 members (excludes halogenated alkanes) is 1. The number of dihydropyridines is 1. The Morgan fingerprint density at radius 3 is 2.69 bits per heavy atom. The first-order valence-corrected chi connectivity index (χ1v) is 10.8. The van der Waals surface area contributed by atoms with E-state index >= 15 is 0 Å². The van der Waals surface area contributed by atoms with Crippen LogP contribution < -0.4 is 5.32 Å². The number of allylic oxidation sites excluding steroid dienone is 3. The molecule has 0 saturated carbocycles. The van der Waals surface area contributed by atoms with Gasteiger partial charge >= 0.3 is 5.97 Å². The van der Waals surface area contributed by atoms with E-state index in [1.807, 2.05) is 19.9 Å². The van der Waals surface area contributed by atoms with Gasteiger partial charge in [-0.3, -0.25) is 4.79 Å². The minimum Gasteiger partial charge on any atom is -0.462 e. The molecular formula is C23H27Cl2NO3. The molecule has 1 aliphatic heterocycles. The molecule has 0 spiro atoms. The second kappa shape index (κ2) is 8.53. The van der Waals surface area contributed by atoms with E-state index in [0.29, 0.717) is 45.5 Å². The molecule has 0 saturated heterocycles. The van der Waals surface area contributed by atoms with E-state index in [2.05, 4.69) is 19.2 Å². The van der Waals surface area contributed by atoms with Gasteiger partial charge in [-0.1, -0.05) is 62.5 Å². The fourth-order valence-electron chi connectivity index (χ4n) is 4.15. The zero-order valence-electron chi connectivity index (χ0n) is 17.3. The summed E-state index contributed by atoms with van der Waals surface area (Å²) in [6.45, 7) is 8.37. The van der Waals surface area contributed by atoms with Crippen LogP contribution in [0.4, 0.5) is 0 Å². The highest BCUT2D eigenvalue weighted by molar-refractivity contribution is 6.42. The van der Waals surface area contributed by atoms with E-state index in [9.17, 15) is 9.59 Å². The van der Waals surface area contributed by atoms with Crippen molar-refractivity contribution in [2.75, 3.05) is 6.61 Å². The Morgan fingerprint density at radius 2 is 2.00 bits per heavy atom. The number of rotatable bonds is 5. The molecule has 1 aromatic carbocycles. The Morgan fingerprint density at radius 1 is 1.28 bits per heavy atom. The fourth-order valence-corrected chi connectivity index (χ4v) is 4.56. The number of hydrogen-bond acceptors (Lipinski definition) is 4. The van der Waals surface area contributed by atoms with Crippen molar-refractivity contribution in [3.63, 3.8) is 0 Å². The normalized spacial score (nSPS) is 21.0. The van der Waals surface area contributed by atoms with Gasteiger partial charge in [-0.05, 0) is 36.8 Å². The Hall–Kier alpha value is -1.78. The smallest absolute Gasteiger partial charge is 0.336 e. The minimum atomic E-state index is -0.588. The Bertz CT molecular complexity index is 915. The molecule has 0 bridgehead atoms. The molecular weight excluding hydrogens is 409 g/mol. The molecule has 1 aliphatic carbocycles. The fraction of sp³-hybridized carbons (Fsp3) is 0.478. The Labute approximate surface area is 182 Å². The third-order valence-electron chi connectivity index (χ3n) is 5.48. The number of benzene rings is 1. The van der Waals surface area contributed by atoms with Crippen LogP contribution in [0.15, 0.2) is 40.7 Å². The summed E-state index contributed by atoms with van der Waals surface area (Å²) < 4.78 is 5.52. The molecule has 156 valence electrons. The van der Waals surface area contributed by atoms with Crippen molar-refractivity contribution < 1.29 is 14.3 Å². The number of hydrogen-bond donors (Lipinski definition) is 1. The van der Waals surface area contributed by atoms with Gasteiger partial charge in [-0.25, -0.2) is 4.79 Å². The molecule has 0 aromatic heterocycles. The number of halogens is 2. The molecule has 3 rings (SSSR count). The quantitative estimate of drug-likeness (QED) is 0.459. The molecule has 1 N–H and O–H groups in total. The SMILES string of the molecule is CCCCOC(=O)C1=C(C)NC2=C(C(=O)CC(C)(C)C2)[C@H]1c1cccc(Cl)c1Cl. The zero-order valence-corrected chi connectivity index (χ0v) is 18.8. The molecule has 29 heavy (non-hydrogen) atoms. The number of Topliss-reactive ketones (excluding diaryl/α,β-unsaturated/α-hetero) is 1. The van der Waals surface area contributed by atoms with Crippen LogP contribution in [0.25, 0.3) is 0 Å². The minimum absolute atomic E-state index is 0.0242. The van der Waals surface area contributed by atoms with Crippen LogP contribution in [0, 0.1) is 5.41 Å². The van der Waals surface area contributed by atoms with E-state index in [1.54, 1.807) is 12.1 Å². The summed E-state index contributed by atoms with van der Waals surface area (Å²) in [4.78, 5) is 26.3. The summed E-state index contributed by atoms with van der Waals surface area (Å²) in [5, 5.41) is 4.07. The van der Waals surface area contributed by atoms with Gasteiger partial charge in [0.05, 0.1) is 22.2 Å². The average molecular weight is 436 g/mol. The van der Waals surface area contributed by atoms with Crippen LogP contribution in [0.3, 0.4) is 0 Å². The summed E-state index contributed by atoms with van der Waals surface area (Å²) in [5.41, 5.74) is 3.08. The van der Waals surface area contributed by atoms with Gasteiger partial charge < -0.3 is 10.1 Å². The van der Waals surface area contributed by atoms with Gasteiger partial charge in [0.1, 0.15) is 0 Å². The summed E-state index contributed by atoms with van der Waals surface area (Å²) in [6.07, 6.45) is 2.85. The molecule has 1 heterocycles. The number of carbonyl (C=O) groups excluding carboxylic acids is 2. The maximum Gasteiger partial charge on any atom is 0.336 e. The highest BCUT2D eigenvalue weighted by atomic mass is 35.5. The molecule has 4 nitrogen and oxygen atoms in total. The summed E-state index contributed by atoms with van der Waals surface area (Å²) in [7, 11) is 0. The van der Waals surface area contributed by atoms with Crippen molar-refractivity contribution in [3.05, 3.63) is 56.3 Å². The monoisotopic (exact) mass is 435 g/mol. The van der Waals surface area contributed by atoms with E-state index in [-0.39, 0.29) is 11.2 Å². The maximum atomic E-state index is 13.2. The van der Waals surface area contributed by atoms with Gasteiger partial charge in [-0.15, -0.1) is 0 Å². The Kier molecular flexibility index (Phi) is 6.45. The van der Waals surface area contributed by atoms with Crippen molar-refractivity contribution >= 4 is 35.0 Å². The van der Waals surface area contributed by atoms with E-state index in [0.717, 1.165) is 25.0 Å². The van der Waals surface area contributed by atoms with Crippen LogP contribution in [0.5, 0.6) is 0 Å². The van der Waals surface area contributed by atoms with Crippen LogP contribution in [0.1, 0.15) is 64.9 Å². The molecule has 1 atom stereocenters. The molecule has 2 aliphatic rings. The van der Waals surface area contributed by atoms with Gasteiger partial charge in [0, 0.05) is 29.3 Å². The average Bonchev–Trinajstić information content (AvgIpc) is 2.62. The van der Waals surface area contributed by atoms with Gasteiger partial charge in [0.15, 0.2) is 5.78 Å². The number of carbonyl (C=O) groups is 2. The number of ether oxygens (including phenoxy) is 1. The predicted octanol–water partition coefficient (Wildman–Crippen LogP) is 5.94. The Balaban J connectivity index is 2.14. The molecule has 0 fully saturated rings. The lowest BCUT2D eigenvalue weighted by Crippen LogP contribution is -2.38. The maximum absolute atomic E-state index is 13.2. The van der Waals surface area contributed by atoms with E-state index in [1.165, 1.54) is 0 Å². The lowest BCUT2D eigenvalue weighted by atomic mass is 9.68. The third kappa shape index (κ3) is 4.39. The van der Waals surface area contributed by atoms with Gasteiger partial charge in [0.2, 0.25) is 0 Å². The van der Waals surface area contributed by atoms with Crippen LogP contribution in [-0.4, -0.2) is 18.4 Å². The zero-order chi connectivity index (χ0) is 21.3. The van der Waals surface area contributed by atoms with E-state index in [4.69, 9.17) is 27.9 Å². The lowest BCUT2D eigenvalue weighted by Gasteiger charge is -2.39. The third-order valence-corrected chi connectivity index (χ3v) is 6.32. The number of nitrogens with one attached hydrogen (secondary N) is 1. The molecule has 0 amide bonds. The van der Waals surface area contributed by atoms with Crippen molar-refractivity contribution in [2.24, 2.45) is 5.41 Å². The van der Waals surface area contributed by atoms with E-state index < -0.39 is 11.9 Å². The molecule has 0 radical (unpaired) electrons. The van der Waals surface area contributed by atoms with Crippen LogP contribution in [0.2, 0.25) is 10.0 Å². The van der Waals surface area contributed by atoms with Crippen molar-refractivity contribution in [1.29, 1.82) is 0 Å². The highest BCUT2D eigenvalue weighted by Gasteiger charge is 2.43. The van der Waals surface area contributed by atoms with Crippen LogP contribution in [-0.2, 0) is 14.3 Å². The lowest BCUT2D eigenvalue weighted by molar-refractivity contribution is -0.139. The molecule has 6 heteroatoms. The largest absolute Gasteiger partial charge is 0.462 e. The second-order valence-electron chi connectivity index (χ2n) is 8.56. The first-order chi connectivity index (χ1) is 13.7. The summed E-state index contributed by atoms with van der Waals surface area (Å²) in [6, 6.07) is 5.32. The van der Waals surface area contributed by atoms with Gasteiger partial charge in [-0.2, -0.15) is 0 Å². The summed E-state index contributed by atoms with van der Waals surface area (Å²) >= 11 is 12.8. The van der Waals surface area contributed by atoms with Crippen molar-refractivity contribution in [1.82, 2.24) is 5.32 Å². The highest BCUT2D eigenvalue weighted by Crippen LogP contribution is 2.48. The van der Waals surface area contributed by atoms with Gasteiger partial charge in [0.25, 0.3) is 0 Å². The predicted molar refractivity (Wildman–Crippen MR) is 116 cm³/mol. The van der Waals surface area contributed by atoms with Crippen molar-refractivity contribution in [2.45, 2.75) is 59.3 Å². The van der Waals surface area contributed by atoms with Crippen molar-refractivity contribution in [3.8, 4) is 0 Å². The first-order valence-electron chi connectivity index (χ1n) is 10.0. The standard InChI is InChI=1S/C23H27Cl2NO3/c1-5-6-10-29-22(28)18-13(2)26-16-11-23(3,4)12-17(27)20(16)19(18)14-8-7-9-15(24)21(14)25/h7-9,19,26H,5-6,10-12H2,1-4H3/t19-/m0/s1. The summed E-state index contributed by atoms with van der Waals surface area (Å²) in [5.74, 6) is -0.986. The molecule has 1 aromatic rings. The number of ketones is 1.